The molecule has 2 rings (SSSR count). The molecule has 1 aliphatic heterocycles. The number of aliphatic hydroxyl groups is 1. The van der Waals surface area contributed by atoms with Crippen molar-refractivity contribution in [3.05, 3.63) is 21.9 Å². The van der Waals surface area contributed by atoms with E-state index in [0.29, 0.717) is 0 Å². The topological polar surface area (TPSA) is 65.0 Å². The molecule has 0 spiro atoms. The lowest BCUT2D eigenvalue weighted by Crippen LogP contribution is -2.17. The summed E-state index contributed by atoms with van der Waals surface area (Å²) in [6, 6.07) is 1.37. The number of carbonyl (C=O) groups is 1. The molecular formula is C11H10BrFO5. The van der Waals surface area contributed by atoms with Crippen LogP contribution in [0.15, 0.2) is 10.5 Å². The van der Waals surface area contributed by atoms with Crippen molar-refractivity contribution in [3.8, 4) is 11.5 Å². The van der Waals surface area contributed by atoms with Gasteiger partial charge in [-0.15, -0.1) is 0 Å². The van der Waals surface area contributed by atoms with Crippen LogP contribution < -0.4 is 9.47 Å². The molecule has 0 bridgehead atoms. The van der Waals surface area contributed by atoms with E-state index >= 15 is 0 Å². The molecule has 1 aliphatic rings. The Kier molecular flexibility index (Phi) is 3.72. The molecule has 0 fully saturated rings. The maximum Gasteiger partial charge on any atom is 0.339 e. The highest BCUT2D eigenvalue weighted by Gasteiger charge is 2.32. The predicted octanol–water partition coefficient (Wildman–Crippen LogP) is 1.91. The minimum Gasteiger partial charge on any atom is -0.464 e. The number of carbonyl (C=O) groups excluding carboxylic acids is 1. The molecule has 0 amide bonds. The van der Waals surface area contributed by atoms with Crippen LogP contribution in [0, 0.1) is 5.82 Å². The Bertz CT molecular complexity index is 491. The number of hydrogen-bond acceptors (Lipinski definition) is 5. The Morgan fingerprint density at radius 2 is 2.39 bits per heavy atom. The summed E-state index contributed by atoms with van der Waals surface area (Å²) in [5.41, 5.74) is -0.282. The van der Waals surface area contributed by atoms with Crippen molar-refractivity contribution < 1.29 is 28.5 Å². The third-order valence-corrected chi connectivity index (χ3v) is 2.95. The molecule has 0 radical (unpaired) electrons. The van der Waals surface area contributed by atoms with Gasteiger partial charge in [0.05, 0.1) is 16.6 Å². The first kappa shape index (κ1) is 13.1. The Morgan fingerprint density at radius 1 is 1.67 bits per heavy atom. The van der Waals surface area contributed by atoms with Gasteiger partial charge in [-0.1, -0.05) is 0 Å². The van der Waals surface area contributed by atoms with Gasteiger partial charge in [-0.3, -0.25) is 0 Å². The van der Waals surface area contributed by atoms with Crippen LogP contribution in [-0.2, 0) is 9.53 Å². The van der Waals surface area contributed by atoms with Crippen LogP contribution in [0.3, 0.4) is 0 Å². The summed E-state index contributed by atoms with van der Waals surface area (Å²) in [5.74, 6) is -1.43. The highest BCUT2D eigenvalue weighted by atomic mass is 79.9. The van der Waals surface area contributed by atoms with Gasteiger partial charge in [-0.25, -0.2) is 9.18 Å². The zero-order chi connectivity index (χ0) is 13.3. The molecule has 1 aromatic carbocycles. The lowest BCUT2D eigenvalue weighted by Gasteiger charge is -2.14. The molecule has 98 valence electrons. The standard InChI is InChI=1S/C11H10BrFO5/c1-2-16-11(15)9(14)7-8(13)5(12)3-6-10(7)18-4-17-6/h3,9,14H,2,4H2,1H3. The normalized spacial score (nSPS) is 14.4. The van der Waals surface area contributed by atoms with Crippen molar-refractivity contribution in [1.29, 1.82) is 0 Å². The van der Waals surface area contributed by atoms with Crippen LogP contribution in [0.25, 0.3) is 0 Å². The first-order valence-corrected chi connectivity index (χ1v) is 5.97. The average molecular weight is 321 g/mol. The van der Waals surface area contributed by atoms with Crippen LogP contribution in [0.1, 0.15) is 18.6 Å². The Labute approximate surface area is 111 Å². The van der Waals surface area contributed by atoms with E-state index in [1.807, 2.05) is 0 Å². The minimum atomic E-state index is -1.75. The zero-order valence-corrected chi connectivity index (χ0v) is 11.0. The van der Waals surface area contributed by atoms with Gasteiger partial charge in [0.25, 0.3) is 0 Å². The van der Waals surface area contributed by atoms with Gasteiger partial charge in [0.2, 0.25) is 6.79 Å². The summed E-state index contributed by atoms with van der Waals surface area (Å²) < 4.78 is 28.8. The second kappa shape index (κ2) is 5.11. The third kappa shape index (κ3) is 2.15. The average Bonchev–Trinajstić information content (AvgIpc) is 2.77. The molecule has 0 aromatic heterocycles. The van der Waals surface area contributed by atoms with E-state index in [0.717, 1.165) is 0 Å². The Morgan fingerprint density at radius 3 is 3.06 bits per heavy atom. The molecule has 7 heteroatoms. The number of benzene rings is 1. The summed E-state index contributed by atoms with van der Waals surface area (Å²) in [6.07, 6.45) is -1.75. The summed E-state index contributed by atoms with van der Waals surface area (Å²) >= 11 is 2.98. The molecule has 0 aliphatic carbocycles. The van der Waals surface area contributed by atoms with Crippen LogP contribution in [-0.4, -0.2) is 24.5 Å². The first-order valence-electron chi connectivity index (χ1n) is 5.18. The van der Waals surface area contributed by atoms with E-state index in [2.05, 4.69) is 20.7 Å². The number of hydrogen-bond donors (Lipinski definition) is 1. The van der Waals surface area contributed by atoms with Crippen molar-refractivity contribution in [1.82, 2.24) is 0 Å². The van der Waals surface area contributed by atoms with Crippen molar-refractivity contribution in [3.63, 3.8) is 0 Å². The highest BCUT2D eigenvalue weighted by molar-refractivity contribution is 9.10. The molecule has 5 nitrogen and oxygen atoms in total. The van der Waals surface area contributed by atoms with Crippen LogP contribution in [0.5, 0.6) is 11.5 Å². The monoisotopic (exact) mass is 320 g/mol. The fraction of sp³-hybridized carbons (Fsp3) is 0.364. The summed E-state index contributed by atoms with van der Waals surface area (Å²) in [7, 11) is 0. The molecule has 1 heterocycles. The second-order valence-corrected chi connectivity index (χ2v) is 4.33. The minimum absolute atomic E-state index is 0.0243. The molecule has 1 atom stereocenters. The Balaban J connectivity index is 2.46. The van der Waals surface area contributed by atoms with E-state index in [9.17, 15) is 14.3 Å². The fourth-order valence-corrected chi connectivity index (χ4v) is 2.02. The number of ether oxygens (including phenoxy) is 3. The SMILES string of the molecule is CCOC(=O)C(O)c1c(F)c(Br)cc2c1OCO2. The van der Waals surface area contributed by atoms with E-state index in [1.54, 1.807) is 6.92 Å². The van der Waals surface area contributed by atoms with Gasteiger partial charge < -0.3 is 19.3 Å². The zero-order valence-electron chi connectivity index (χ0n) is 9.41. The fourth-order valence-electron chi connectivity index (χ4n) is 1.60. The smallest absolute Gasteiger partial charge is 0.339 e. The number of halogens is 2. The van der Waals surface area contributed by atoms with Crippen LogP contribution in [0.2, 0.25) is 0 Å². The summed E-state index contributed by atoms with van der Waals surface area (Å²) in [6.45, 7) is 1.59. The van der Waals surface area contributed by atoms with Crippen LogP contribution >= 0.6 is 15.9 Å². The van der Waals surface area contributed by atoms with E-state index in [4.69, 9.17) is 9.47 Å². The number of aliphatic hydroxyl groups excluding tert-OH is 1. The molecule has 0 saturated heterocycles. The van der Waals surface area contributed by atoms with Gasteiger partial charge >= 0.3 is 5.97 Å². The van der Waals surface area contributed by atoms with E-state index in [-0.39, 0.29) is 34.9 Å². The lowest BCUT2D eigenvalue weighted by molar-refractivity contribution is -0.153. The van der Waals surface area contributed by atoms with Gasteiger partial charge in [0.15, 0.2) is 17.6 Å². The number of fused-ring (bicyclic) bond motifs is 1. The van der Waals surface area contributed by atoms with Crippen LogP contribution in [0.4, 0.5) is 4.39 Å². The maximum absolute atomic E-state index is 14.0. The quantitative estimate of drug-likeness (QED) is 0.862. The van der Waals surface area contributed by atoms with Crippen molar-refractivity contribution in [2.24, 2.45) is 0 Å². The molecule has 1 aromatic rings. The van der Waals surface area contributed by atoms with Gasteiger partial charge in [-0.05, 0) is 22.9 Å². The number of rotatable bonds is 3. The number of esters is 1. The van der Waals surface area contributed by atoms with E-state index in [1.165, 1.54) is 6.07 Å². The van der Waals surface area contributed by atoms with Crippen molar-refractivity contribution >= 4 is 21.9 Å². The second-order valence-electron chi connectivity index (χ2n) is 3.47. The van der Waals surface area contributed by atoms with Crippen molar-refractivity contribution in [2.75, 3.05) is 13.4 Å². The Hall–Kier alpha value is -1.34. The maximum atomic E-state index is 14.0. The lowest BCUT2D eigenvalue weighted by atomic mass is 10.1. The van der Waals surface area contributed by atoms with E-state index < -0.39 is 17.9 Å². The molecular weight excluding hydrogens is 311 g/mol. The molecule has 1 unspecified atom stereocenters. The molecule has 1 N–H and O–H groups in total. The summed E-state index contributed by atoms with van der Waals surface area (Å²) in [4.78, 5) is 11.5. The molecule has 18 heavy (non-hydrogen) atoms. The highest BCUT2D eigenvalue weighted by Crippen LogP contribution is 2.43. The first-order chi connectivity index (χ1) is 8.56. The van der Waals surface area contributed by atoms with Gasteiger partial charge in [0, 0.05) is 6.07 Å². The summed E-state index contributed by atoms with van der Waals surface area (Å²) in [5, 5.41) is 9.82. The molecule has 0 saturated carbocycles. The third-order valence-electron chi connectivity index (χ3n) is 2.37. The van der Waals surface area contributed by atoms with Crippen molar-refractivity contribution in [2.45, 2.75) is 13.0 Å². The van der Waals surface area contributed by atoms with Gasteiger partial charge in [0.1, 0.15) is 5.82 Å². The predicted molar refractivity (Wildman–Crippen MR) is 61.8 cm³/mol. The largest absolute Gasteiger partial charge is 0.464 e. The van der Waals surface area contributed by atoms with Gasteiger partial charge in [-0.2, -0.15) is 0 Å².